The zero-order chi connectivity index (χ0) is 33.2. The van der Waals surface area contributed by atoms with Crippen molar-refractivity contribution in [3.05, 3.63) is 170 Å². The minimum Gasteiger partial charge on any atom is -0.456 e. The van der Waals surface area contributed by atoms with Gasteiger partial charge in [-0.05, 0) is 87.3 Å². The molecule has 236 valence electrons. The van der Waals surface area contributed by atoms with Gasteiger partial charge < -0.3 is 13.6 Å². The number of furan rings is 1. The SMILES string of the molecule is c1ccc(-n2c3ccccc3c3ccc4c5ccccc5n(-c5cccc(-c6ccc7c(c6)c6cccc8oc9cccc7c9c86)c5)c4c32)cc1. The van der Waals surface area contributed by atoms with Gasteiger partial charge in [-0.15, -0.1) is 0 Å². The van der Waals surface area contributed by atoms with E-state index in [0.29, 0.717) is 0 Å². The van der Waals surface area contributed by atoms with E-state index >= 15 is 0 Å². The Morgan fingerprint density at radius 3 is 1.51 bits per heavy atom. The van der Waals surface area contributed by atoms with Gasteiger partial charge in [0.15, 0.2) is 0 Å². The summed E-state index contributed by atoms with van der Waals surface area (Å²) in [5.41, 5.74) is 11.4. The molecule has 0 amide bonds. The van der Waals surface area contributed by atoms with Gasteiger partial charge in [-0.3, -0.25) is 0 Å². The summed E-state index contributed by atoms with van der Waals surface area (Å²) in [5, 5.41) is 12.4. The van der Waals surface area contributed by atoms with Crippen molar-refractivity contribution in [2.75, 3.05) is 0 Å². The van der Waals surface area contributed by atoms with Crippen LogP contribution in [0.2, 0.25) is 0 Å². The van der Waals surface area contributed by atoms with Gasteiger partial charge in [0.05, 0.1) is 22.1 Å². The molecule has 9 aromatic carbocycles. The first kappa shape index (κ1) is 27.0. The second-order valence-electron chi connectivity index (χ2n) is 13.7. The maximum atomic E-state index is 6.31. The molecule has 0 aliphatic carbocycles. The summed E-state index contributed by atoms with van der Waals surface area (Å²) < 4.78 is 11.2. The van der Waals surface area contributed by atoms with Gasteiger partial charge in [-0.1, -0.05) is 115 Å². The lowest BCUT2D eigenvalue weighted by Crippen LogP contribution is -1.98. The summed E-state index contributed by atoms with van der Waals surface area (Å²) in [7, 11) is 0. The maximum absolute atomic E-state index is 6.31. The van der Waals surface area contributed by atoms with Gasteiger partial charge >= 0.3 is 0 Å². The fourth-order valence-corrected chi connectivity index (χ4v) is 8.94. The van der Waals surface area contributed by atoms with Gasteiger partial charge in [0, 0.05) is 43.7 Å². The largest absolute Gasteiger partial charge is 0.456 e. The van der Waals surface area contributed by atoms with E-state index in [9.17, 15) is 0 Å². The standard InChI is InChI=1S/C48H28N2O/c1-2-12-31(13-3-1)49-41-19-6-4-15-34(41)38-25-26-39-35-16-5-7-20-42(35)50(48(39)47(38)49)32-14-8-11-29(27-32)30-23-24-33-36-17-9-21-43-45(36)46-37(40(33)28-30)18-10-22-44(46)51-43/h1-28H. The van der Waals surface area contributed by atoms with Gasteiger partial charge in [0.25, 0.3) is 0 Å². The van der Waals surface area contributed by atoms with Crippen molar-refractivity contribution in [2.24, 2.45) is 0 Å². The van der Waals surface area contributed by atoms with Crippen LogP contribution < -0.4 is 0 Å². The highest BCUT2D eigenvalue weighted by Crippen LogP contribution is 2.45. The molecule has 0 N–H and O–H groups in total. The molecule has 3 heterocycles. The molecule has 0 saturated carbocycles. The number of para-hydroxylation sites is 3. The lowest BCUT2D eigenvalue weighted by molar-refractivity contribution is 0.669. The third kappa shape index (κ3) is 3.57. The third-order valence-corrected chi connectivity index (χ3v) is 11.0. The minimum atomic E-state index is 0.943. The zero-order valence-corrected chi connectivity index (χ0v) is 27.5. The Morgan fingerprint density at radius 1 is 0.314 bits per heavy atom. The third-order valence-electron chi connectivity index (χ3n) is 11.0. The molecule has 0 atom stereocenters. The van der Waals surface area contributed by atoms with Crippen LogP contribution in [0.5, 0.6) is 0 Å². The van der Waals surface area contributed by atoms with Crippen LogP contribution in [0.15, 0.2) is 174 Å². The Hall–Kier alpha value is -6.84. The van der Waals surface area contributed by atoms with Crippen molar-refractivity contribution >= 4 is 87.1 Å². The van der Waals surface area contributed by atoms with Crippen LogP contribution in [-0.4, -0.2) is 9.13 Å². The summed E-state index contributed by atoms with van der Waals surface area (Å²) in [6.07, 6.45) is 0. The molecular weight excluding hydrogens is 621 g/mol. The first-order valence-corrected chi connectivity index (χ1v) is 17.5. The molecule has 0 aliphatic rings. The molecule has 3 nitrogen and oxygen atoms in total. The van der Waals surface area contributed by atoms with E-state index in [0.717, 1.165) is 22.5 Å². The summed E-state index contributed by atoms with van der Waals surface area (Å²) >= 11 is 0. The Labute approximate surface area is 292 Å². The Morgan fingerprint density at radius 2 is 0.824 bits per heavy atom. The molecule has 12 aromatic rings. The molecule has 0 unspecified atom stereocenters. The summed E-state index contributed by atoms with van der Waals surface area (Å²) in [5.74, 6) is 0. The van der Waals surface area contributed by atoms with Crippen LogP contribution in [0.1, 0.15) is 0 Å². The molecule has 0 aliphatic heterocycles. The van der Waals surface area contributed by atoms with Gasteiger partial charge in [0.1, 0.15) is 11.2 Å². The van der Waals surface area contributed by atoms with E-state index in [-0.39, 0.29) is 0 Å². The smallest absolute Gasteiger partial charge is 0.136 e. The molecule has 0 radical (unpaired) electrons. The van der Waals surface area contributed by atoms with E-state index in [1.807, 2.05) is 0 Å². The number of benzene rings is 9. The molecule has 12 rings (SSSR count). The van der Waals surface area contributed by atoms with Crippen LogP contribution in [0.4, 0.5) is 0 Å². The normalized spacial score (nSPS) is 12.3. The minimum absolute atomic E-state index is 0.943. The molecule has 51 heavy (non-hydrogen) atoms. The van der Waals surface area contributed by atoms with E-state index < -0.39 is 0 Å². The number of hydrogen-bond donors (Lipinski definition) is 0. The predicted molar refractivity (Wildman–Crippen MR) is 214 cm³/mol. The van der Waals surface area contributed by atoms with E-state index in [2.05, 4.69) is 179 Å². The lowest BCUT2D eigenvalue weighted by atomic mass is 9.92. The molecule has 0 saturated heterocycles. The van der Waals surface area contributed by atoms with Crippen molar-refractivity contribution in [1.82, 2.24) is 9.13 Å². The summed E-state index contributed by atoms with van der Waals surface area (Å²) in [6.45, 7) is 0. The molecule has 0 fully saturated rings. The molecule has 3 aromatic heterocycles. The van der Waals surface area contributed by atoms with Crippen LogP contribution in [0, 0.1) is 0 Å². The number of nitrogens with zero attached hydrogens (tertiary/aromatic N) is 2. The van der Waals surface area contributed by atoms with Crippen molar-refractivity contribution in [1.29, 1.82) is 0 Å². The summed E-state index contributed by atoms with van der Waals surface area (Å²) in [6, 6.07) is 61.8. The monoisotopic (exact) mass is 648 g/mol. The average molecular weight is 649 g/mol. The van der Waals surface area contributed by atoms with Crippen LogP contribution in [-0.2, 0) is 0 Å². The maximum Gasteiger partial charge on any atom is 0.136 e. The van der Waals surface area contributed by atoms with Gasteiger partial charge in [-0.25, -0.2) is 0 Å². The summed E-state index contributed by atoms with van der Waals surface area (Å²) in [4.78, 5) is 0. The fourth-order valence-electron chi connectivity index (χ4n) is 8.94. The van der Waals surface area contributed by atoms with E-state index in [4.69, 9.17) is 4.42 Å². The Bertz CT molecular complexity index is 3360. The van der Waals surface area contributed by atoms with Crippen LogP contribution >= 0.6 is 0 Å². The second kappa shape index (κ2) is 9.87. The zero-order valence-electron chi connectivity index (χ0n) is 27.5. The number of hydrogen-bond acceptors (Lipinski definition) is 1. The van der Waals surface area contributed by atoms with Gasteiger partial charge in [-0.2, -0.15) is 0 Å². The first-order valence-electron chi connectivity index (χ1n) is 17.5. The van der Waals surface area contributed by atoms with Gasteiger partial charge in [0.2, 0.25) is 0 Å². The Balaban J connectivity index is 1.15. The molecule has 0 bridgehead atoms. The highest BCUT2D eigenvalue weighted by atomic mass is 16.3. The number of rotatable bonds is 3. The number of aromatic nitrogens is 2. The van der Waals surface area contributed by atoms with Crippen molar-refractivity contribution in [3.63, 3.8) is 0 Å². The van der Waals surface area contributed by atoms with E-state index in [1.165, 1.54) is 87.1 Å². The van der Waals surface area contributed by atoms with E-state index in [1.54, 1.807) is 0 Å². The highest BCUT2D eigenvalue weighted by molar-refractivity contribution is 6.33. The Kier molecular flexibility index (Phi) is 5.23. The molecular formula is C48H28N2O. The van der Waals surface area contributed by atoms with Crippen molar-refractivity contribution in [2.45, 2.75) is 0 Å². The molecule has 0 spiro atoms. The van der Waals surface area contributed by atoms with Crippen LogP contribution in [0.3, 0.4) is 0 Å². The first-order chi connectivity index (χ1) is 25.3. The molecule has 3 heteroatoms. The highest BCUT2D eigenvalue weighted by Gasteiger charge is 2.22. The topological polar surface area (TPSA) is 23.0 Å². The van der Waals surface area contributed by atoms with Crippen molar-refractivity contribution in [3.8, 4) is 22.5 Å². The lowest BCUT2D eigenvalue weighted by Gasteiger charge is -2.14. The average Bonchev–Trinajstić information content (AvgIpc) is 3.86. The quantitative estimate of drug-likeness (QED) is 0.175. The second-order valence-corrected chi connectivity index (χ2v) is 13.7. The predicted octanol–water partition coefficient (Wildman–Crippen LogP) is 13.2. The van der Waals surface area contributed by atoms with Crippen molar-refractivity contribution < 1.29 is 4.42 Å². The fraction of sp³-hybridized carbons (Fsp3) is 0. The number of fused-ring (bicyclic) bond motifs is 10. The van der Waals surface area contributed by atoms with Crippen LogP contribution in [0.25, 0.3) is 110 Å².